The van der Waals surface area contributed by atoms with Gasteiger partial charge in [-0.05, 0) is 38.5 Å². The Kier molecular flexibility index (Phi) is 5.84. The van der Waals surface area contributed by atoms with Crippen molar-refractivity contribution in [2.24, 2.45) is 5.92 Å². The summed E-state index contributed by atoms with van der Waals surface area (Å²) in [6.45, 7) is 5.53. The number of carbonyl (C=O) groups excluding carboxylic acids is 3. The lowest BCUT2D eigenvalue weighted by molar-refractivity contribution is -0.151. The number of anilines is 1. The molecule has 0 N–H and O–H groups in total. The van der Waals surface area contributed by atoms with Crippen LogP contribution in [0.5, 0.6) is 0 Å². The SMILES string of the molecule is Cc1ccc(C(=O)[C@H](C)OC(=O)[C@H]2CC(=O)N(c3cccc(Cl)c3C)C2)cc1. The second kappa shape index (κ2) is 8.15. The average Bonchev–Trinajstić information content (AvgIpc) is 3.05. The number of ether oxygens (including phenoxy) is 1. The lowest BCUT2D eigenvalue weighted by Crippen LogP contribution is -2.30. The Morgan fingerprint density at radius 2 is 1.82 bits per heavy atom. The molecule has 0 aliphatic carbocycles. The van der Waals surface area contributed by atoms with Crippen molar-refractivity contribution >= 4 is 34.9 Å². The second-order valence-electron chi connectivity index (χ2n) is 7.10. The summed E-state index contributed by atoms with van der Waals surface area (Å²) < 4.78 is 5.37. The van der Waals surface area contributed by atoms with Crippen molar-refractivity contribution in [1.29, 1.82) is 0 Å². The van der Waals surface area contributed by atoms with Gasteiger partial charge in [-0.15, -0.1) is 0 Å². The molecule has 1 aliphatic heterocycles. The molecule has 28 heavy (non-hydrogen) atoms. The van der Waals surface area contributed by atoms with Crippen LogP contribution in [0.1, 0.15) is 34.8 Å². The first-order valence-corrected chi connectivity index (χ1v) is 9.52. The third kappa shape index (κ3) is 4.09. The van der Waals surface area contributed by atoms with E-state index in [0.29, 0.717) is 16.3 Å². The molecule has 1 amide bonds. The fraction of sp³-hybridized carbons (Fsp3) is 0.318. The Morgan fingerprint density at radius 3 is 2.50 bits per heavy atom. The third-order valence-electron chi connectivity index (χ3n) is 4.99. The van der Waals surface area contributed by atoms with Crippen LogP contribution < -0.4 is 4.90 Å². The maximum atomic E-state index is 12.5. The van der Waals surface area contributed by atoms with Gasteiger partial charge in [0.2, 0.25) is 11.7 Å². The maximum absolute atomic E-state index is 12.5. The van der Waals surface area contributed by atoms with E-state index in [-0.39, 0.29) is 24.7 Å². The highest BCUT2D eigenvalue weighted by molar-refractivity contribution is 6.31. The minimum Gasteiger partial charge on any atom is -0.454 e. The van der Waals surface area contributed by atoms with Gasteiger partial charge in [0.15, 0.2) is 6.10 Å². The second-order valence-corrected chi connectivity index (χ2v) is 7.51. The molecule has 0 unspecified atom stereocenters. The fourth-order valence-electron chi connectivity index (χ4n) is 3.26. The van der Waals surface area contributed by atoms with Crippen LogP contribution in [0.25, 0.3) is 0 Å². The summed E-state index contributed by atoms with van der Waals surface area (Å²) in [5.41, 5.74) is 3.01. The van der Waals surface area contributed by atoms with Gasteiger partial charge in [-0.1, -0.05) is 47.5 Å². The number of hydrogen-bond acceptors (Lipinski definition) is 4. The number of aryl methyl sites for hydroxylation is 1. The molecule has 0 saturated carbocycles. The number of esters is 1. The highest BCUT2D eigenvalue weighted by atomic mass is 35.5. The highest BCUT2D eigenvalue weighted by Crippen LogP contribution is 2.32. The normalized spacial score (nSPS) is 17.5. The van der Waals surface area contributed by atoms with Crippen molar-refractivity contribution in [2.75, 3.05) is 11.4 Å². The standard InChI is InChI=1S/C22H22ClNO4/c1-13-7-9-16(10-8-13)21(26)15(3)28-22(27)17-11-20(25)24(12-17)19-6-4-5-18(23)14(19)2/h4-10,15,17H,11-12H2,1-3H3/t15-,17-/m0/s1. The van der Waals surface area contributed by atoms with E-state index in [1.165, 1.54) is 0 Å². The van der Waals surface area contributed by atoms with Gasteiger partial charge in [0.05, 0.1) is 5.92 Å². The molecule has 0 aromatic heterocycles. The molecule has 0 radical (unpaired) electrons. The summed E-state index contributed by atoms with van der Waals surface area (Å²) in [6.07, 6.45) is -0.858. The number of nitrogens with zero attached hydrogens (tertiary/aromatic N) is 1. The summed E-state index contributed by atoms with van der Waals surface area (Å²) in [4.78, 5) is 39.0. The van der Waals surface area contributed by atoms with Crippen molar-refractivity contribution in [3.05, 3.63) is 64.2 Å². The highest BCUT2D eigenvalue weighted by Gasteiger charge is 2.38. The Bertz CT molecular complexity index is 923. The molecule has 1 heterocycles. The lowest BCUT2D eigenvalue weighted by atomic mass is 10.1. The van der Waals surface area contributed by atoms with Crippen LogP contribution in [0.3, 0.4) is 0 Å². The number of amides is 1. The van der Waals surface area contributed by atoms with E-state index in [4.69, 9.17) is 16.3 Å². The van der Waals surface area contributed by atoms with Crippen LogP contribution in [0, 0.1) is 19.8 Å². The van der Waals surface area contributed by atoms with Gasteiger partial charge >= 0.3 is 5.97 Å². The van der Waals surface area contributed by atoms with Crippen LogP contribution in [-0.4, -0.2) is 30.3 Å². The molecule has 2 aromatic carbocycles. The number of benzene rings is 2. The van der Waals surface area contributed by atoms with E-state index in [1.807, 2.05) is 26.0 Å². The van der Waals surface area contributed by atoms with E-state index >= 15 is 0 Å². The van der Waals surface area contributed by atoms with Gasteiger partial charge < -0.3 is 9.64 Å². The monoisotopic (exact) mass is 399 g/mol. The average molecular weight is 400 g/mol. The van der Waals surface area contributed by atoms with E-state index in [0.717, 1.165) is 11.1 Å². The molecule has 1 aliphatic rings. The summed E-state index contributed by atoms with van der Waals surface area (Å²) >= 11 is 6.14. The van der Waals surface area contributed by atoms with Gasteiger partial charge in [0.1, 0.15) is 0 Å². The van der Waals surface area contributed by atoms with Gasteiger partial charge in [-0.2, -0.15) is 0 Å². The smallest absolute Gasteiger partial charge is 0.312 e. The van der Waals surface area contributed by atoms with Crippen LogP contribution in [0.2, 0.25) is 5.02 Å². The van der Waals surface area contributed by atoms with Crippen LogP contribution in [-0.2, 0) is 14.3 Å². The summed E-state index contributed by atoms with van der Waals surface area (Å²) in [7, 11) is 0. The van der Waals surface area contributed by atoms with Gasteiger partial charge in [0, 0.05) is 29.2 Å². The number of hydrogen-bond donors (Lipinski definition) is 0. The summed E-state index contributed by atoms with van der Waals surface area (Å²) in [5, 5.41) is 0.564. The van der Waals surface area contributed by atoms with Crippen molar-refractivity contribution in [2.45, 2.75) is 33.3 Å². The number of rotatable bonds is 5. The minimum atomic E-state index is -0.910. The molecule has 2 atom stereocenters. The van der Waals surface area contributed by atoms with Gasteiger partial charge in [-0.25, -0.2) is 0 Å². The molecular weight excluding hydrogens is 378 g/mol. The molecule has 1 saturated heterocycles. The first kappa shape index (κ1) is 20.1. The minimum absolute atomic E-state index is 0.0518. The molecule has 0 bridgehead atoms. The first-order chi connectivity index (χ1) is 13.3. The third-order valence-corrected chi connectivity index (χ3v) is 5.40. The van der Waals surface area contributed by atoms with E-state index in [9.17, 15) is 14.4 Å². The molecular formula is C22H22ClNO4. The molecule has 1 fully saturated rings. The van der Waals surface area contributed by atoms with E-state index in [1.54, 1.807) is 42.2 Å². The fourth-order valence-corrected chi connectivity index (χ4v) is 3.43. The molecule has 0 spiro atoms. The van der Waals surface area contributed by atoms with Gasteiger partial charge in [0.25, 0.3) is 0 Å². The van der Waals surface area contributed by atoms with Crippen molar-refractivity contribution < 1.29 is 19.1 Å². The Morgan fingerprint density at radius 1 is 1.14 bits per heavy atom. The van der Waals surface area contributed by atoms with Crippen molar-refractivity contribution in [3.63, 3.8) is 0 Å². The zero-order valence-corrected chi connectivity index (χ0v) is 16.8. The largest absolute Gasteiger partial charge is 0.454 e. The lowest BCUT2D eigenvalue weighted by Gasteiger charge is -2.20. The van der Waals surface area contributed by atoms with Crippen LogP contribution >= 0.6 is 11.6 Å². The zero-order valence-electron chi connectivity index (χ0n) is 16.1. The molecule has 5 nitrogen and oxygen atoms in total. The topological polar surface area (TPSA) is 63.7 Å². The number of carbonyl (C=O) groups is 3. The first-order valence-electron chi connectivity index (χ1n) is 9.14. The molecule has 6 heteroatoms. The van der Waals surface area contributed by atoms with E-state index < -0.39 is 18.0 Å². The van der Waals surface area contributed by atoms with Crippen LogP contribution in [0.15, 0.2) is 42.5 Å². The van der Waals surface area contributed by atoms with Gasteiger partial charge in [-0.3, -0.25) is 14.4 Å². The van der Waals surface area contributed by atoms with E-state index in [2.05, 4.69) is 0 Å². The molecule has 146 valence electrons. The van der Waals surface area contributed by atoms with Crippen molar-refractivity contribution in [1.82, 2.24) is 0 Å². The quantitative estimate of drug-likeness (QED) is 0.560. The predicted molar refractivity (Wildman–Crippen MR) is 108 cm³/mol. The summed E-state index contributed by atoms with van der Waals surface area (Å²) in [5.74, 6) is -1.58. The summed E-state index contributed by atoms with van der Waals surface area (Å²) in [6, 6.07) is 12.4. The zero-order chi connectivity index (χ0) is 20.4. The number of halogens is 1. The molecule has 3 rings (SSSR count). The van der Waals surface area contributed by atoms with Crippen molar-refractivity contribution in [3.8, 4) is 0 Å². The Balaban J connectivity index is 1.66. The number of ketones is 1. The Labute approximate surface area is 169 Å². The predicted octanol–water partition coefficient (Wildman–Crippen LogP) is 4.12. The maximum Gasteiger partial charge on any atom is 0.312 e. The Hall–Kier alpha value is -2.66. The number of Topliss-reactive ketones (excluding diaryl/α,β-unsaturated/α-hetero) is 1. The molecule has 2 aromatic rings. The van der Waals surface area contributed by atoms with Crippen LogP contribution in [0.4, 0.5) is 5.69 Å².